The Morgan fingerprint density at radius 3 is 2.31 bits per heavy atom. The van der Waals surface area contributed by atoms with Crippen LogP contribution in [-0.4, -0.2) is 12.2 Å². The van der Waals surface area contributed by atoms with E-state index in [-0.39, 0.29) is 15.8 Å². The zero-order chi connectivity index (χ0) is 12.5. The summed E-state index contributed by atoms with van der Waals surface area (Å²) in [5.41, 5.74) is -0.722. The van der Waals surface area contributed by atoms with Gasteiger partial charge in [-0.15, -0.1) is 0 Å². The molecule has 16 heavy (non-hydrogen) atoms. The number of rotatable bonds is 2. The Kier molecular flexibility index (Phi) is 3.85. The summed E-state index contributed by atoms with van der Waals surface area (Å²) in [7, 11) is 1.33. The Hall–Kier alpha value is -0.750. The van der Waals surface area contributed by atoms with E-state index < -0.39 is 17.8 Å². The molecule has 0 aliphatic heterocycles. The Morgan fingerprint density at radius 1 is 1.38 bits per heavy atom. The van der Waals surface area contributed by atoms with Crippen molar-refractivity contribution in [3.8, 4) is 5.75 Å². The predicted molar refractivity (Wildman–Crippen MR) is 56.3 cm³/mol. The Labute approximate surface area is 99.2 Å². The minimum absolute atomic E-state index is 0.101. The number of alkyl halides is 3. The number of methoxy groups -OCH3 is 1. The minimum Gasteiger partial charge on any atom is -0.495 e. The highest BCUT2D eigenvalue weighted by atomic mass is 79.9. The maximum atomic E-state index is 12.5. The molecule has 90 valence electrons. The molecule has 1 unspecified atom stereocenters. The van der Waals surface area contributed by atoms with Crippen LogP contribution < -0.4 is 4.74 Å². The van der Waals surface area contributed by atoms with Gasteiger partial charge in [0.05, 0.1) is 23.2 Å². The van der Waals surface area contributed by atoms with Crippen LogP contribution in [0.5, 0.6) is 5.75 Å². The van der Waals surface area contributed by atoms with Gasteiger partial charge in [-0.3, -0.25) is 0 Å². The zero-order valence-corrected chi connectivity index (χ0v) is 10.2. The molecule has 0 bridgehead atoms. The lowest BCUT2D eigenvalue weighted by molar-refractivity contribution is -0.137. The average molecular weight is 299 g/mol. The standard InChI is InChI=1S/C10H10BrF3O2/c1-5(15)7-3-6(10(12,13)14)4-8(11)9(7)16-2/h3-5,15H,1-2H3. The van der Waals surface area contributed by atoms with E-state index in [2.05, 4.69) is 15.9 Å². The molecule has 0 spiro atoms. The second kappa shape index (κ2) is 4.63. The summed E-state index contributed by atoms with van der Waals surface area (Å²) in [5, 5.41) is 9.38. The van der Waals surface area contributed by atoms with Crippen LogP contribution in [0.1, 0.15) is 24.2 Å². The molecule has 0 saturated heterocycles. The van der Waals surface area contributed by atoms with Crippen molar-refractivity contribution in [2.45, 2.75) is 19.2 Å². The molecule has 1 rings (SSSR count). The Bertz CT molecular complexity index is 388. The summed E-state index contributed by atoms with van der Waals surface area (Å²) in [6.45, 7) is 1.38. The van der Waals surface area contributed by atoms with Gasteiger partial charge >= 0.3 is 6.18 Å². The third-order valence-corrected chi connectivity index (χ3v) is 2.64. The lowest BCUT2D eigenvalue weighted by Gasteiger charge is -2.16. The smallest absolute Gasteiger partial charge is 0.416 e. The van der Waals surface area contributed by atoms with E-state index in [4.69, 9.17) is 4.74 Å². The van der Waals surface area contributed by atoms with Crippen molar-refractivity contribution in [1.29, 1.82) is 0 Å². The van der Waals surface area contributed by atoms with Gasteiger partial charge in [0.15, 0.2) is 0 Å². The van der Waals surface area contributed by atoms with Crippen LogP contribution in [0.25, 0.3) is 0 Å². The maximum absolute atomic E-state index is 12.5. The summed E-state index contributed by atoms with van der Waals surface area (Å²) in [6.07, 6.45) is -5.48. The van der Waals surface area contributed by atoms with Crippen LogP contribution in [0.3, 0.4) is 0 Å². The highest BCUT2D eigenvalue weighted by Gasteiger charge is 2.32. The first kappa shape index (κ1) is 13.3. The normalized spacial score (nSPS) is 13.7. The number of aliphatic hydroxyl groups excluding tert-OH is 1. The second-order valence-corrected chi connectivity index (χ2v) is 4.11. The highest BCUT2D eigenvalue weighted by molar-refractivity contribution is 9.10. The van der Waals surface area contributed by atoms with Gasteiger partial charge in [0.1, 0.15) is 5.75 Å². The van der Waals surface area contributed by atoms with Crippen molar-refractivity contribution in [1.82, 2.24) is 0 Å². The number of hydrogen-bond donors (Lipinski definition) is 1. The fourth-order valence-electron chi connectivity index (χ4n) is 1.30. The molecule has 0 fully saturated rings. The van der Waals surface area contributed by atoms with Gasteiger partial charge in [-0.25, -0.2) is 0 Å². The van der Waals surface area contributed by atoms with Crippen LogP contribution in [0, 0.1) is 0 Å². The van der Waals surface area contributed by atoms with E-state index >= 15 is 0 Å². The summed E-state index contributed by atoms with van der Waals surface area (Å²) in [6, 6.07) is 1.80. The third kappa shape index (κ3) is 2.68. The molecular formula is C10H10BrF3O2. The molecule has 0 aromatic heterocycles. The van der Waals surface area contributed by atoms with Crippen LogP contribution in [0.15, 0.2) is 16.6 Å². The average Bonchev–Trinajstić information content (AvgIpc) is 2.14. The number of aliphatic hydroxyl groups is 1. The van der Waals surface area contributed by atoms with E-state index in [1.165, 1.54) is 14.0 Å². The van der Waals surface area contributed by atoms with E-state index in [1.807, 2.05) is 0 Å². The molecule has 2 nitrogen and oxygen atoms in total. The lowest BCUT2D eigenvalue weighted by Crippen LogP contribution is -2.08. The van der Waals surface area contributed by atoms with Gasteiger partial charge in [-0.2, -0.15) is 13.2 Å². The fraction of sp³-hybridized carbons (Fsp3) is 0.400. The van der Waals surface area contributed by atoms with E-state index in [0.29, 0.717) is 0 Å². The van der Waals surface area contributed by atoms with Gasteiger partial charge in [0.2, 0.25) is 0 Å². The highest BCUT2D eigenvalue weighted by Crippen LogP contribution is 2.39. The summed E-state index contributed by atoms with van der Waals surface area (Å²) in [5.74, 6) is 0.211. The van der Waals surface area contributed by atoms with E-state index in [9.17, 15) is 18.3 Å². The molecule has 1 atom stereocenters. The number of hydrogen-bond acceptors (Lipinski definition) is 2. The number of ether oxygens (including phenoxy) is 1. The number of halogens is 4. The molecule has 1 aromatic rings. The van der Waals surface area contributed by atoms with Gasteiger partial charge < -0.3 is 9.84 Å². The molecule has 0 aliphatic rings. The Balaban J connectivity index is 3.40. The molecule has 0 saturated carbocycles. The van der Waals surface area contributed by atoms with Gasteiger partial charge in [0, 0.05) is 5.56 Å². The van der Waals surface area contributed by atoms with Crippen molar-refractivity contribution in [2.75, 3.05) is 7.11 Å². The van der Waals surface area contributed by atoms with E-state index in [1.54, 1.807) is 0 Å². The first-order valence-electron chi connectivity index (χ1n) is 4.40. The summed E-state index contributed by atoms with van der Waals surface area (Å²) < 4.78 is 42.6. The SMILES string of the molecule is COc1c(Br)cc(C(F)(F)F)cc1C(C)O. The van der Waals surface area contributed by atoms with Crippen molar-refractivity contribution in [2.24, 2.45) is 0 Å². The topological polar surface area (TPSA) is 29.5 Å². The molecule has 1 N–H and O–H groups in total. The summed E-state index contributed by atoms with van der Waals surface area (Å²) >= 11 is 2.98. The second-order valence-electron chi connectivity index (χ2n) is 3.25. The predicted octanol–water partition coefficient (Wildman–Crippen LogP) is 3.53. The molecule has 0 heterocycles. The van der Waals surface area contributed by atoms with Crippen molar-refractivity contribution in [3.05, 3.63) is 27.7 Å². The first-order chi connectivity index (χ1) is 7.27. The monoisotopic (exact) mass is 298 g/mol. The van der Waals surface area contributed by atoms with Gasteiger partial charge in [-0.05, 0) is 35.0 Å². The third-order valence-electron chi connectivity index (χ3n) is 2.05. The molecule has 6 heteroatoms. The van der Waals surface area contributed by atoms with Crippen molar-refractivity contribution < 1.29 is 23.0 Å². The molecule has 0 radical (unpaired) electrons. The largest absolute Gasteiger partial charge is 0.495 e. The van der Waals surface area contributed by atoms with Crippen LogP contribution >= 0.6 is 15.9 Å². The minimum atomic E-state index is -4.45. The molecular weight excluding hydrogens is 289 g/mol. The van der Waals surface area contributed by atoms with Crippen molar-refractivity contribution in [3.63, 3.8) is 0 Å². The van der Waals surface area contributed by atoms with Crippen LogP contribution in [-0.2, 0) is 6.18 Å². The van der Waals surface area contributed by atoms with Crippen molar-refractivity contribution >= 4 is 15.9 Å². The zero-order valence-electron chi connectivity index (χ0n) is 8.60. The van der Waals surface area contributed by atoms with Gasteiger partial charge in [-0.1, -0.05) is 0 Å². The number of benzene rings is 1. The fourth-order valence-corrected chi connectivity index (χ4v) is 1.94. The lowest BCUT2D eigenvalue weighted by atomic mass is 10.1. The summed E-state index contributed by atoms with van der Waals surface area (Å²) in [4.78, 5) is 0. The molecule has 0 amide bonds. The van der Waals surface area contributed by atoms with Crippen LogP contribution in [0.2, 0.25) is 0 Å². The van der Waals surface area contributed by atoms with E-state index in [0.717, 1.165) is 12.1 Å². The molecule has 1 aromatic carbocycles. The maximum Gasteiger partial charge on any atom is 0.416 e. The quantitative estimate of drug-likeness (QED) is 0.905. The Morgan fingerprint density at radius 2 is 1.94 bits per heavy atom. The van der Waals surface area contributed by atoms with Crippen LogP contribution in [0.4, 0.5) is 13.2 Å². The van der Waals surface area contributed by atoms with Gasteiger partial charge in [0.25, 0.3) is 0 Å². The molecule has 0 aliphatic carbocycles. The first-order valence-corrected chi connectivity index (χ1v) is 5.19.